The van der Waals surface area contributed by atoms with Gasteiger partial charge < -0.3 is 10.2 Å². The maximum absolute atomic E-state index is 13.6. The van der Waals surface area contributed by atoms with Gasteiger partial charge in [0.15, 0.2) is 0 Å². The Morgan fingerprint density at radius 1 is 1.33 bits per heavy atom. The van der Waals surface area contributed by atoms with E-state index in [-0.39, 0.29) is 18.3 Å². The van der Waals surface area contributed by atoms with E-state index in [4.69, 9.17) is 0 Å². The van der Waals surface area contributed by atoms with E-state index in [2.05, 4.69) is 18.3 Å². The average molecular weight is 344 g/mol. The lowest BCUT2D eigenvalue weighted by atomic mass is 10.2. The van der Waals surface area contributed by atoms with Crippen LogP contribution in [-0.4, -0.2) is 24.2 Å². The van der Waals surface area contributed by atoms with Gasteiger partial charge in [0.05, 0.1) is 12.2 Å². The van der Waals surface area contributed by atoms with Crippen molar-refractivity contribution in [3.63, 3.8) is 0 Å². The second-order valence-corrected chi connectivity index (χ2v) is 7.53. The number of rotatable bonds is 3. The van der Waals surface area contributed by atoms with Gasteiger partial charge in [0.25, 0.3) is 0 Å². The van der Waals surface area contributed by atoms with Crippen molar-refractivity contribution in [2.75, 3.05) is 23.3 Å². The van der Waals surface area contributed by atoms with Crippen molar-refractivity contribution in [2.45, 2.75) is 30.4 Å². The summed E-state index contributed by atoms with van der Waals surface area (Å²) in [5, 5.41) is 3.51. The molecule has 2 aromatic carbocycles. The molecule has 1 atom stereocenters. The average Bonchev–Trinajstić information content (AvgIpc) is 2.74. The van der Waals surface area contributed by atoms with Gasteiger partial charge in [-0.05, 0) is 43.2 Å². The van der Waals surface area contributed by atoms with Crippen LogP contribution in [0.15, 0.2) is 47.4 Å². The molecule has 1 aliphatic rings. The lowest BCUT2D eigenvalue weighted by Gasteiger charge is -2.23. The molecule has 0 radical (unpaired) electrons. The molecule has 0 aromatic heterocycles. The molecule has 3 rings (SSSR count). The number of para-hydroxylation sites is 1. The van der Waals surface area contributed by atoms with E-state index in [1.165, 1.54) is 6.07 Å². The molecule has 1 amide bonds. The molecule has 0 fully saturated rings. The van der Waals surface area contributed by atoms with E-state index in [9.17, 15) is 9.18 Å². The second kappa shape index (κ2) is 7.26. The maximum Gasteiger partial charge on any atom is 0.246 e. The SMILES string of the molecule is Cc1ccc(NCC(=O)N2CC[C@@H](C)Sc3ccccc32)cc1F. The first-order valence-electron chi connectivity index (χ1n) is 8.10. The lowest BCUT2D eigenvalue weighted by molar-refractivity contribution is -0.117. The van der Waals surface area contributed by atoms with E-state index >= 15 is 0 Å². The largest absolute Gasteiger partial charge is 0.376 e. The van der Waals surface area contributed by atoms with E-state index in [1.807, 2.05) is 34.9 Å². The smallest absolute Gasteiger partial charge is 0.246 e. The third-order valence-corrected chi connectivity index (χ3v) is 5.40. The Morgan fingerprint density at radius 2 is 2.12 bits per heavy atom. The summed E-state index contributed by atoms with van der Waals surface area (Å²) < 4.78 is 13.6. The molecule has 24 heavy (non-hydrogen) atoms. The lowest BCUT2D eigenvalue weighted by Crippen LogP contribution is -2.36. The predicted octanol–water partition coefficient (Wildman–Crippen LogP) is 4.46. The molecular weight excluding hydrogens is 323 g/mol. The molecule has 0 aliphatic carbocycles. The van der Waals surface area contributed by atoms with Crippen LogP contribution in [0.2, 0.25) is 0 Å². The summed E-state index contributed by atoms with van der Waals surface area (Å²) in [6.07, 6.45) is 0.949. The fourth-order valence-electron chi connectivity index (χ4n) is 2.72. The highest BCUT2D eigenvalue weighted by atomic mass is 32.2. The van der Waals surface area contributed by atoms with Gasteiger partial charge in [-0.1, -0.05) is 25.1 Å². The summed E-state index contributed by atoms with van der Waals surface area (Å²) in [6, 6.07) is 12.9. The molecular formula is C19H21FN2OS. The van der Waals surface area contributed by atoms with Crippen molar-refractivity contribution in [1.29, 1.82) is 0 Å². The normalized spacial score (nSPS) is 17.1. The van der Waals surface area contributed by atoms with E-state index in [0.717, 1.165) is 17.0 Å². The first kappa shape index (κ1) is 16.8. The van der Waals surface area contributed by atoms with E-state index in [1.54, 1.807) is 19.1 Å². The van der Waals surface area contributed by atoms with Gasteiger partial charge in [-0.2, -0.15) is 0 Å². The van der Waals surface area contributed by atoms with E-state index in [0.29, 0.717) is 23.0 Å². The van der Waals surface area contributed by atoms with Gasteiger partial charge in [-0.3, -0.25) is 4.79 Å². The number of carbonyl (C=O) groups excluding carboxylic acids is 1. The van der Waals surface area contributed by atoms with Gasteiger partial charge >= 0.3 is 0 Å². The number of carbonyl (C=O) groups is 1. The molecule has 0 bridgehead atoms. The minimum atomic E-state index is -0.266. The molecule has 1 aliphatic heterocycles. The number of halogens is 1. The van der Waals surface area contributed by atoms with Crippen LogP contribution in [-0.2, 0) is 4.79 Å². The summed E-state index contributed by atoms with van der Waals surface area (Å²) >= 11 is 1.81. The van der Waals surface area contributed by atoms with Crippen LogP contribution in [0.4, 0.5) is 15.8 Å². The minimum absolute atomic E-state index is 0.00173. The minimum Gasteiger partial charge on any atom is -0.376 e. The first-order chi connectivity index (χ1) is 11.5. The molecule has 0 saturated heterocycles. The van der Waals surface area contributed by atoms with Crippen molar-refractivity contribution in [3.8, 4) is 0 Å². The number of nitrogens with zero attached hydrogens (tertiary/aromatic N) is 1. The molecule has 5 heteroatoms. The van der Waals surface area contributed by atoms with E-state index < -0.39 is 0 Å². The standard InChI is InChI=1S/C19H21FN2OS/c1-13-7-8-15(11-16(13)20)21-12-19(23)22-10-9-14(2)24-18-6-4-3-5-17(18)22/h3-8,11,14,21H,9-10,12H2,1-2H3/t14-/m1/s1. The topological polar surface area (TPSA) is 32.3 Å². The molecule has 1 heterocycles. The second-order valence-electron chi connectivity index (χ2n) is 6.05. The highest BCUT2D eigenvalue weighted by Gasteiger charge is 2.23. The van der Waals surface area contributed by atoms with Crippen LogP contribution >= 0.6 is 11.8 Å². The summed E-state index contributed by atoms with van der Waals surface area (Å²) in [5.41, 5.74) is 2.19. The molecule has 2 aromatic rings. The van der Waals surface area contributed by atoms with Crippen LogP contribution in [0.3, 0.4) is 0 Å². The highest BCUT2D eigenvalue weighted by molar-refractivity contribution is 8.00. The number of benzene rings is 2. The van der Waals surface area contributed by atoms with Crippen LogP contribution in [0.25, 0.3) is 0 Å². The van der Waals surface area contributed by atoms with Crippen molar-refractivity contribution in [1.82, 2.24) is 0 Å². The third kappa shape index (κ3) is 3.73. The van der Waals surface area contributed by atoms with Gasteiger partial charge in [0.1, 0.15) is 5.82 Å². The van der Waals surface area contributed by atoms with Gasteiger partial charge in [-0.25, -0.2) is 4.39 Å². The van der Waals surface area contributed by atoms with Crippen molar-refractivity contribution < 1.29 is 9.18 Å². The molecule has 0 unspecified atom stereocenters. The Bertz CT molecular complexity index is 750. The molecule has 1 N–H and O–H groups in total. The van der Waals surface area contributed by atoms with Crippen molar-refractivity contribution >= 4 is 29.0 Å². The molecule has 0 saturated carbocycles. The fraction of sp³-hybridized carbons (Fsp3) is 0.316. The summed E-state index contributed by atoms with van der Waals surface area (Å²) in [6.45, 7) is 4.75. The third-order valence-electron chi connectivity index (χ3n) is 4.16. The number of hydrogen-bond acceptors (Lipinski definition) is 3. The van der Waals surface area contributed by atoms with Gasteiger partial charge in [0.2, 0.25) is 5.91 Å². The fourth-order valence-corrected chi connectivity index (χ4v) is 3.83. The molecule has 3 nitrogen and oxygen atoms in total. The van der Waals surface area contributed by atoms with Crippen LogP contribution in [0.1, 0.15) is 18.9 Å². The number of amides is 1. The highest BCUT2D eigenvalue weighted by Crippen LogP contribution is 2.37. The number of thioether (sulfide) groups is 1. The quantitative estimate of drug-likeness (QED) is 0.892. The Labute approximate surface area is 146 Å². The first-order valence-corrected chi connectivity index (χ1v) is 8.98. The number of nitrogens with one attached hydrogen (secondary N) is 1. The predicted molar refractivity (Wildman–Crippen MR) is 98.4 cm³/mol. The van der Waals surface area contributed by atoms with Crippen molar-refractivity contribution in [2.24, 2.45) is 0 Å². The number of hydrogen-bond donors (Lipinski definition) is 1. The zero-order valence-electron chi connectivity index (χ0n) is 13.9. The van der Waals surface area contributed by atoms with Crippen LogP contribution in [0, 0.1) is 12.7 Å². The summed E-state index contributed by atoms with van der Waals surface area (Å²) in [5.74, 6) is -0.268. The molecule has 126 valence electrons. The van der Waals surface area contributed by atoms with Gasteiger partial charge in [0, 0.05) is 22.4 Å². The molecule has 0 spiro atoms. The summed E-state index contributed by atoms with van der Waals surface area (Å²) in [4.78, 5) is 15.7. The Morgan fingerprint density at radius 3 is 2.92 bits per heavy atom. The number of fused-ring (bicyclic) bond motifs is 1. The van der Waals surface area contributed by atoms with Crippen molar-refractivity contribution in [3.05, 3.63) is 53.8 Å². The zero-order valence-corrected chi connectivity index (χ0v) is 14.7. The Balaban J connectivity index is 1.73. The van der Waals surface area contributed by atoms with Crippen LogP contribution in [0.5, 0.6) is 0 Å². The number of anilines is 2. The number of aryl methyl sites for hydroxylation is 1. The monoisotopic (exact) mass is 344 g/mol. The van der Waals surface area contributed by atoms with Crippen LogP contribution < -0.4 is 10.2 Å². The van der Waals surface area contributed by atoms with Gasteiger partial charge in [-0.15, -0.1) is 11.8 Å². The summed E-state index contributed by atoms with van der Waals surface area (Å²) in [7, 11) is 0. The Kier molecular flexibility index (Phi) is 5.09. The zero-order chi connectivity index (χ0) is 17.1. The Hall–Kier alpha value is -2.01. The maximum atomic E-state index is 13.6.